The van der Waals surface area contributed by atoms with E-state index in [1.165, 1.54) is 0 Å². The molecule has 0 N–H and O–H groups in total. The second kappa shape index (κ2) is 7.56. The summed E-state index contributed by atoms with van der Waals surface area (Å²) in [4.78, 5) is 30.9. The van der Waals surface area contributed by atoms with E-state index in [4.69, 9.17) is 4.52 Å². The number of carbonyl (C=O) groups excluding carboxylic acids is 2. The van der Waals surface area contributed by atoms with Gasteiger partial charge in [-0.15, -0.1) is 0 Å². The molecule has 2 aliphatic heterocycles. The number of hydrogen-bond acceptors (Lipinski definition) is 5. The summed E-state index contributed by atoms with van der Waals surface area (Å²) >= 11 is 0. The molecule has 0 spiro atoms. The highest BCUT2D eigenvalue weighted by Gasteiger charge is 2.37. The van der Waals surface area contributed by atoms with Crippen molar-refractivity contribution in [3.63, 3.8) is 0 Å². The number of rotatable bonds is 5. The standard InChI is InChI=1S/C18H28N4O3/c1-13(2)10-22-11-15(9-17(22)23)18(24)21-6-4-20(5-7-21)12-16-8-14(3)19-25-16/h8,13,15H,4-7,9-12H2,1-3H3/t15-/m0/s1. The van der Waals surface area contributed by atoms with Gasteiger partial charge < -0.3 is 14.3 Å². The van der Waals surface area contributed by atoms with E-state index >= 15 is 0 Å². The second-order valence-electron chi connectivity index (χ2n) is 7.63. The second-order valence-corrected chi connectivity index (χ2v) is 7.63. The monoisotopic (exact) mass is 348 g/mol. The highest BCUT2D eigenvalue weighted by molar-refractivity contribution is 5.89. The summed E-state index contributed by atoms with van der Waals surface area (Å²) < 4.78 is 5.26. The smallest absolute Gasteiger partial charge is 0.228 e. The van der Waals surface area contributed by atoms with Gasteiger partial charge in [0.25, 0.3) is 0 Å². The van der Waals surface area contributed by atoms with Gasteiger partial charge in [0.05, 0.1) is 18.2 Å². The van der Waals surface area contributed by atoms with Gasteiger partial charge in [0.2, 0.25) is 11.8 Å². The van der Waals surface area contributed by atoms with Crippen LogP contribution in [0.1, 0.15) is 31.7 Å². The van der Waals surface area contributed by atoms with Gasteiger partial charge in [0, 0.05) is 51.8 Å². The zero-order chi connectivity index (χ0) is 18.0. The van der Waals surface area contributed by atoms with Crippen molar-refractivity contribution in [2.24, 2.45) is 11.8 Å². The van der Waals surface area contributed by atoms with E-state index in [0.29, 0.717) is 32.0 Å². The highest BCUT2D eigenvalue weighted by atomic mass is 16.5. The molecule has 138 valence electrons. The first kappa shape index (κ1) is 17.9. The Labute approximate surface area is 148 Å². The van der Waals surface area contributed by atoms with Crippen LogP contribution in [-0.4, -0.2) is 70.9 Å². The van der Waals surface area contributed by atoms with Crippen molar-refractivity contribution in [1.29, 1.82) is 0 Å². The average molecular weight is 348 g/mol. The number of aromatic nitrogens is 1. The fourth-order valence-corrected chi connectivity index (χ4v) is 3.65. The van der Waals surface area contributed by atoms with Crippen LogP contribution in [0.15, 0.2) is 10.6 Å². The van der Waals surface area contributed by atoms with E-state index < -0.39 is 0 Å². The summed E-state index contributed by atoms with van der Waals surface area (Å²) in [7, 11) is 0. The molecule has 2 amide bonds. The lowest BCUT2D eigenvalue weighted by molar-refractivity contribution is -0.137. The molecular formula is C18H28N4O3. The molecule has 0 radical (unpaired) electrons. The molecule has 0 saturated carbocycles. The van der Waals surface area contributed by atoms with Gasteiger partial charge in [-0.25, -0.2) is 0 Å². The quantitative estimate of drug-likeness (QED) is 0.798. The van der Waals surface area contributed by atoms with Crippen LogP contribution in [0.25, 0.3) is 0 Å². The lowest BCUT2D eigenvalue weighted by Gasteiger charge is -2.35. The normalized spacial score (nSPS) is 22.2. The number of piperazine rings is 1. The minimum Gasteiger partial charge on any atom is -0.360 e. The van der Waals surface area contributed by atoms with E-state index in [-0.39, 0.29) is 17.7 Å². The lowest BCUT2D eigenvalue weighted by Crippen LogP contribution is -2.50. The molecule has 1 aromatic rings. The Morgan fingerprint density at radius 1 is 1.32 bits per heavy atom. The van der Waals surface area contributed by atoms with Crippen LogP contribution in [0, 0.1) is 18.8 Å². The maximum Gasteiger partial charge on any atom is 0.228 e. The Kier molecular flexibility index (Phi) is 5.42. The molecule has 7 heteroatoms. The Morgan fingerprint density at radius 3 is 2.64 bits per heavy atom. The molecule has 0 bridgehead atoms. The molecule has 0 aliphatic carbocycles. The van der Waals surface area contributed by atoms with Crippen molar-refractivity contribution in [2.45, 2.75) is 33.7 Å². The van der Waals surface area contributed by atoms with Crippen LogP contribution in [0.3, 0.4) is 0 Å². The Hall–Kier alpha value is -1.89. The summed E-state index contributed by atoms with van der Waals surface area (Å²) in [6.07, 6.45) is 0.364. The number of carbonyl (C=O) groups is 2. The van der Waals surface area contributed by atoms with Crippen molar-refractivity contribution in [1.82, 2.24) is 19.9 Å². The summed E-state index contributed by atoms with van der Waals surface area (Å²) in [5.41, 5.74) is 0.890. The topological polar surface area (TPSA) is 69.9 Å². The van der Waals surface area contributed by atoms with E-state index in [1.54, 1.807) is 0 Å². The van der Waals surface area contributed by atoms with Crippen molar-refractivity contribution in [2.75, 3.05) is 39.3 Å². The molecule has 1 aromatic heterocycles. The van der Waals surface area contributed by atoms with Gasteiger partial charge in [0.1, 0.15) is 0 Å². The van der Waals surface area contributed by atoms with Crippen molar-refractivity contribution < 1.29 is 14.1 Å². The van der Waals surface area contributed by atoms with Gasteiger partial charge in [-0.3, -0.25) is 14.5 Å². The maximum atomic E-state index is 12.7. The van der Waals surface area contributed by atoms with Crippen LogP contribution >= 0.6 is 0 Å². The molecule has 0 aromatic carbocycles. The van der Waals surface area contributed by atoms with Crippen LogP contribution < -0.4 is 0 Å². The predicted octanol–water partition coefficient (Wildman–Crippen LogP) is 1.13. The van der Waals surface area contributed by atoms with E-state index in [0.717, 1.165) is 37.6 Å². The first-order valence-corrected chi connectivity index (χ1v) is 9.13. The minimum absolute atomic E-state index is 0.117. The van der Waals surface area contributed by atoms with Gasteiger partial charge in [-0.1, -0.05) is 19.0 Å². The Bertz CT molecular complexity index is 620. The number of aryl methyl sites for hydroxylation is 1. The van der Waals surface area contributed by atoms with E-state index in [2.05, 4.69) is 23.9 Å². The molecular weight excluding hydrogens is 320 g/mol. The van der Waals surface area contributed by atoms with Gasteiger partial charge in [0.15, 0.2) is 5.76 Å². The van der Waals surface area contributed by atoms with Crippen molar-refractivity contribution in [3.8, 4) is 0 Å². The lowest BCUT2D eigenvalue weighted by atomic mass is 10.1. The maximum absolute atomic E-state index is 12.7. The number of likely N-dealkylation sites (tertiary alicyclic amines) is 1. The molecule has 7 nitrogen and oxygen atoms in total. The largest absolute Gasteiger partial charge is 0.360 e. The molecule has 2 aliphatic rings. The first-order chi connectivity index (χ1) is 11.9. The average Bonchev–Trinajstić information content (AvgIpc) is 3.13. The molecule has 3 heterocycles. The van der Waals surface area contributed by atoms with Crippen LogP contribution in [0.5, 0.6) is 0 Å². The van der Waals surface area contributed by atoms with Crippen molar-refractivity contribution in [3.05, 3.63) is 17.5 Å². The third kappa shape index (κ3) is 4.39. The summed E-state index contributed by atoms with van der Waals surface area (Å²) in [6, 6.07) is 1.95. The van der Waals surface area contributed by atoms with E-state index in [9.17, 15) is 9.59 Å². The zero-order valence-corrected chi connectivity index (χ0v) is 15.4. The molecule has 2 fully saturated rings. The molecule has 25 heavy (non-hydrogen) atoms. The Morgan fingerprint density at radius 2 is 2.04 bits per heavy atom. The SMILES string of the molecule is Cc1cc(CN2CCN(C(=O)[C@H]3CC(=O)N(CC(C)C)C3)CC2)on1. The predicted molar refractivity (Wildman–Crippen MR) is 92.6 cm³/mol. The zero-order valence-electron chi connectivity index (χ0n) is 15.4. The number of nitrogens with zero attached hydrogens (tertiary/aromatic N) is 4. The third-order valence-electron chi connectivity index (χ3n) is 4.89. The van der Waals surface area contributed by atoms with Crippen molar-refractivity contribution >= 4 is 11.8 Å². The first-order valence-electron chi connectivity index (χ1n) is 9.13. The van der Waals surface area contributed by atoms with Gasteiger partial charge in [-0.05, 0) is 12.8 Å². The molecule has 2 saturated heterocycles. The number of amides is 2. The van der Waals surface area contributed by atoms with Crippen LogP contribution in [0.2, 0.25) is 0 Å². The fourth-order valence-electron chi connectivity index (χ4n) is 3.65. The summed E-state index contributed by atoms with van der Waals surface area (Å²) in [5, 5.41) is 3.91. The van der Waals surface area contributed by atoms with Crippen LogP contribution in [0.4, 0.5) is 0 Å². The highest BCUT2D eigenvalue weighted by Crippen LogP contribution is 2.22. The molecule has 1 atom stereocenters. The summed E-state index contributed by atoms with van der Waals surface area (Å²) in [6.45, 7) is 11.2. The fraction of sp³-hybridized carbons (Fsp3) is 0.722. The number of hydrogen-bond donors (Lipinski definition) is 0. The van der Waals surface area contributed by atoms with Gasteiger partial charge >= 0.3 is 0 Å². The van der Waals surface area contributed by atoms with Crippen LogP contribution in [-0.2, 0) is 16.1 Å². The molecule has 3 rings (SSSR count). The van der Waals surface area contributed by atoms with Gasteiger partial charge in [-0.2, -0.15) is 0 Å². The summed E-state index contributed by atoms with van der Waals surface area (Å²) in [5.74, 6) is 1.37. The van der Waals surface area contributed by atoms with E-state index in [1.807, 2.05) is 22.8 Å². The third-order valence-corrected chi connectivity index (χ3v) is 4.89. The molecule has 0 unspecified atom stereocenters. The Balaban J connectivity index is 1.48. The minimum atomic E-state index is -0.172.